The molecule has 1 aromatic heterocycles. The number of nitrogens with one attached hydrogen (secondary N) is 1. The van der Waals surface area contributed by atoms with Crippen LogP contribution >= 0.6 is 34.5 Å². The topological polar surface area (TPSA) is 12.0 Å². The van der Waals surface area contributed by atoms with E-state index in [9.17, 15) is 4.39 Å². The third-order valence-electron chi connectivity index (χ3n) is 2.88. The third-order valence-corrected chi connectivity index (χ3v) is 4.50. The van der Waals surface area contributed by atoms with E-state index >= 15 is 0 Å². The first-order valence-electron chi connectivity index (χ1n) is 5.99. The van der Waals surface area contributed by atoms with Crippen LogP contribution in [0.4, 0.5) is 4.39 Å². The fourth-order valence-corrected chi connectivity index (χ4v) is 3.28. The lowest BCUT2D eigenvalue weighted by Crippen LogP contribution is -2.21. The minimum Gasteiger partial charge on any atom is -0.310 e. The minimum atomic E-state index is -0.311. The fraction of sp³-hybridized carbons (Fsp3) is 0.286. The molecule has 0 amide bonds. The van der Waals surface area contributed by atoms with Crippen LogP contribution in [0.25, 0.3) is 0 Å². The van der Waals surface area contributed by atoms with Crippen LogP contribution in [-0.4, -0.2) is 6.54 Å². The number of benzene rings is 1. The molecule has 1 nitrogen and oxygen atoms in total. The van der Waals surface area contributed by atoms with Crippen molar-refractivity contribution >= 4 is 34.5 Å². The second-order valence-electron chi connectivity index (χ2n) is 4.30. The minimum absolute atomic E-state index is 0.0866. The zero-order chi connectivity index (χ0) is 13.8. The first-order chi connectivity index (χ1) is 9.06. The molecule has 102 valence electrons. The van der Waals surface area contributed by atoms with Crippen molar-refractivity contribution in [3.63, 3.8) is 0 Å². The van der Waals surface area contributed by atoms with E-state index in [1.165, 1.54) is 17.0 Å². The molecule has 0 saturated heterocycles. The Labute approximate surface area is 126 Å². The number of rotatable bonds is 5. The monoisotopic (exact) mass is 317 g/mol. The quantitative estimate of drug-likeness (QED) is 0.810. The van der Waals surface area contributed by atoms with Gasteiger partial charge in [0.05, 0.1) is 4.34 Å². The van der Waals surface area contributed by atoms with Gasteiger partial charge in [-0.3, -0.25) is 0 Å². The van der Waals surface area contributed by atoms with Crippen molar-refractivity contribution in [3.05, 3.63) is 55.9 Å². The summed E-state index contributed by atoms with van der Waals surface area (Å²) in [5, 5.41) is 3.83. The second kappa shape index (κ2) is 6.71. The maximum Gasteiger partial charge on any atom is 0.124 e. The van der Waals surface area contributed by atoms with Gasteiger partial charge < -0.3 is 5.32 Å². The molecule has 19 heavy (non-hydrogen) atoms. The van der Waals surface area contributed by atoms with E-state index in [-0.39, 0.29) is 11.9 Å². The lowest BCUT2D eigenvalue weighted by molar-refractivity contribution is 0.575. The van der Waals surface area contributed by atoms with Crippen LogP contribution in [0, 0.1) is 5.82 Å². The van der Waals surface area contributed by atoms with Crippen LogP contribution in [0.2, 0.25) is 9.36 Å². The van der Waals surface area contributed by atoms with Gasteiger partial charge in [-0.05, 0) is 43.2 Å². The molecule has 5 heteroatoms. The zero-order valence-electron chi connectivity index (χ0n) is 10.4. The first-order valence-corrected chi connectivity index (χ1v) is 7.56. The van der Waals surface area contributed by atoms with Crippen LogP contribution < -0.4 is 5.32 Å². The van der Waals surface area contributed by atoms with E-state index in [1.54, 1.807) is 17.4 Å². The van der Waals surface area contributed by atoms with Gasteiger partial charge in [0.25, 0.3) is 0 Å². The summed E-state index contributed by atoms with van der Waals surface area (Å²) in [5.41, 5.74) is 0.910. The number of halogens is 3. The number of hydrogen-bond acceptors (Lipinski definition) is 2. The molecule has 0 aliphatic rings. The Morgan fingerprint density at radius 1 is 1.26 bits per heavy atom. The molecule has 2 aromatic rings. The summed E-state index contributed by atoms with van der Waals surface area (Å²) >= 11 is 13.5. The van der Waals surface area contributed by atoms with Crippen molar-refractivity contribution in [2.24, 2.45) is 0 Å². The Morgan fingerprint density at radius 2 is 2.05 bits per heavy atom. The van der Waals surface area contributed by atoms with Gasteiger partial charge in [-0.25, -0.2) is 4.39 Å². The summed E-state index contributed by atoms with van der Waals surface area (Å²) in [6.45, 7) is 2.84. The maximum absolute atomic E-state index is 13.0. The molecular formula is C14H14Cl2FNS. The Hall–Kier alpha value is -0.610. The van der Waals surface area contributed by atoms with Crippen molar-refractivity contribution in [2.75, 3.05) is 6.54 Å². The van der Waals surface area contributed by atoms with E-state index in [1.807, 2.05) is 19.1 Å². The summed E-state index contributed by atoms with van der Waals surface area (Å²) in [6.07, 6.45) is 0.917. The summed E-state index contributed by atoms with van der Waals surface area (Å²) in [7, 11) is 0. The fourth-order valence-electron chi connectivity index (χ4n) is 1.86. The largest absolute Gasteiger partial charge is 0.310 e. The molecule has 0 radical (unpaired) electrons. The van der Waals surface area contributed by atoms with Gasteiger partial charge in [0.15, 0.2) is 0 Å². The van der Waals surface area contributed by atoms with Gasteiger partial charge >= 0.3 is 0 Å². The van der Waals surface area contributed by atoms with Gasteiger partial charge in [0, 0.05) is 22.5 Å². The van der Waals surface area contributed by atoms with Gasteiger partial charge in [-0.2, -0.15) is 0 Å². The van der Waals surface area contributed by atoms with Crippen molar-refractivity contribution in [1.82, 2.24) is 5.32 Å². The van der Waals surface area contributed by atoms with Gasteiger partial charge in [-0.15, -0.1) is 11.3 Å². The lowest BCUT2D eigenvalue weighted by atomic mass is 10.1. The van der Waals surface area contributed by atoms with Crippen LogP contribution in [0.15, 0.2) is 30.3 Å². The normalized spacial score (nSPS) is 12.6. The molecule has 0 bridgehead atoms. The average Bonchev–Trinajstić information content (AvgIpc) is 2.75. The Balaban J connectivity index is 1.88. The predicted octanol–water partition coefficient (Wildman–Crippen LogP) is 5.09. The van der Waals surface area contributed by atoms with Crippen LogP contribution in [0.1, 0.15) is 23.4 Å². The van der Waals surface area contributed by atoms with Gasteiger partial charge in [-0.1, -0.05) is 29.3 Å². The Kier molecular flexibility index (Phi) is 5.22. The van der Waals surface area contributed by atoms with Crippen LogP contribution in [0.5, 0.6) is 0 Å². The van der Waals surface area contributed by atoms with E-state index in [0.717, 1.165) is 22.9 Å². The highest BCUT2D eigenvalue weighted by atomic mass is 35.5. The third kappa shape index (κ3) is 4.18. The van der Waals surface area contributed by atoms with E-state index in [4.69, 9.17) is 23.2 Å². The highest BCUT2D eigenvalue weighted by molar-refractivity contribution is 7.16. The summed E-state index contributed by atoms with van der Waals surface area (Å²) in [5.74, 6) is -0.311. The van der Waals surface area contributed by atoms with Crippen LogP contribution in [0.3, 0.4) is 0 Å². The predicted molar refractivity (Wildman–Crippen MR) is 80.9 cm³/mol. The molecule has 1 heterocycles. The summed E-state index contributed by atoms with van der Waals surface area (Å²) in [4.78, 5) is 1.25. The van der Waals surface area contributed by atoms with Gasteiger partial charge in [0.2, 0.25) is 0 Å². The van der Waals surface area contributed by atoms with Crippen molar-refractivity contribution in [3.8, 4) is 0 Å². The van der Waals surface area contributed by atoms with Crippen molar-refractivity contribution in [2.45, 2.75) is 19.4 Å². The first kappa shape index (κ1) is 14.8. The highest BCUT2D eigenvalue weighted by Gasteiger charge is 2.10. The summed E-state index contributed by atoms with van der Waals surface area (Å²) < 4.78 is 13.8. The molecule has 0 aliphatic heterocycles. The molecule has 0 saturated carbocycles. The highest BCUT2D eigenvalue weighted by Crippen LogP contribution is 2.24. The Morgan fingerprint density at radius 3 is 2.68 bits per heavy atom. The second-order valence-corrected chi connectivity index (χ2v) is 6.50. The van der Waals surface area contributed by atoms with Crippen LogP contribution in [-0.2, 0) is 6.42 Å². The zero-order valence-corrected chi connectivity index (χ0v) is 12.7. The van der Waals surface area contributed by atoms with E-state index in [2.05, 4.69) is 5.32 Å². The van der Waals surface area contributed by atoms with E-state index in [0.29, 0.717) is 5.02 Å². The van der Waals surface area contributed by atoms with Crippen molar-refractivity contribution in [1.29, 1.82) is 0 Å². The molecule has 1 N–H and O–H groups in total. The summed E-state index contributed by atoms with van der Waals surface area (Å²) in [6, 6.07) is 8.51. The molecule has 1 atom stereocenters. The molecule has 2 rings (SSSR count). The molecule has 0 spiro atoms. The van der Waals surface area contributed by atoms with E-state index < -0.39 is 0 Å². The average molecular weight is 318 g/mol. The Bertz CT molecular complexity index is 556. The molecule has 0 fully saturated rings. The number of thiophene rings is 1. The lowest BCUT2D eigenvalue weighted by Gasteiger charge is -2.15. The van der Waals surface area contributed by atoms with Crippen molar-refractivity contribution < 1.29 is 4.39 Å². The standard InChI is InChI=1S/C14H14Cl2FNS/c1-9(12-4-2-10(17)8-13(12)15)18-7-6-11-3-5-14(16)19-11/h2-5,8-9,18H,6-7H2,1H3. The maximum atomic E-state index is 13.0. The molecule has 1 aromatic carbocycles. The molecule has 0 aliphatic carbocycles. The SMILES string of the molecule is CC(NCCc1ccc(Cl)s1)c1ccc(F)cc1Cl. The van der Waals surface area contributed by atoms with Gasteiger partial charge in [0.1, 0.15) is 5.82 Å². The smallest absolute Gasteiger partial charge is 0.124 e. The molecule has 1 unspecified atom stereocenters. The number of hydrogen-bond donors (Lipinski definition) is 1. The molecular weight excluding hydrogens is 304 g/mol.